The first-order valence-electron chi connectivity index (χ1n) is 14.4. The lowest BCUT2D eigenvalue weighted by Gasteiger charge is -2.42. The van der Waals surface area contributed by atoms with Crippen LogP contribution in [0.1, 0.15) is 82.2 Å². The van der Waals surface area contributed by atoms with Crippen LogP contribution < -0.4 is 15.8 Å². The van der Waals surface area contributed by atoms with E-state index in [4.69, 9.17) is 19.9 Å². The minimum absolute atomic E-state index is 0.0504. The summed E-state index contributed by atoms with van der Waals surface area (Å²) in [7, 11) is 1.33. The Bertz CT molecular complexity index is 1530. The Hall–Kier alpha value is -4.04. The summed E-state index contributed by atoms with van der Waals surface area (Å²) >= 11 is 0. The number of aliphatic hydroxyl groups excluding tert-OH is 1. The highest BCUT2D eigenvalue weighted by molar-refractivity contribution is 6.31. The van der Waals surface area contributed by atoms with Crippen molar-refractivity contribution in [1.82, 2.24) is 5.32 Å². The number of phenolic OH excluding ortho intramolecular Hbond substituents is 2. The molecule has 7 N–H and O–H groups in total. The van der Waals surface area contributed by atoms with Gasteiger partial charge >= 0.3 is 6.09 Å². The van der Waals surface area contributed by atoms with Gasteiger partial charge in [-0.1, -0.05) is 19.1 Å². The number of ether oxygens (including phenoxy) is 3. The van der Waals surface area contributed by atoms with Gasteiger partial charge in [0.1, 0.15) is 22.8 Å². The zero-order valence-electron chi connectivity index (χ0n) is 24.6. The first-order valence-corrected chi connectivity index (χ1v) is 14.4. The number of fused-ring (bicyclic) bond motifs is 3. The molecule has 0 radical (unpaired) electrons. The van der Waals surface area contributed by atoms with E-state index in [0.717, 1.165) is 0 Å². The molecule has 2 aromatic rings. The molecule has 0 saturated heterocycles. The minimum atomic E-state index is -2.26. The molecule has 1 saturated carbocycles. The molecular weight excluding hydrogens is 576 g/mol. The number of amides is 1. The summed E-state index contributed by atoms with van der Waals surface area (Å²) in [6.45, 7) is 2.90. The number of rotatable bonds is 7. The van der Waals surface area contributed by atoms with E-state index in [0.29, 0.717) is 6.42 Å². The topological polar surface area (TPSA) is 215 Å². The molecule has 5 rings (SSSR count). The number of phenols is 2. The number of aliphatic hydroxyl groups is 2. The highest BCUT2D eigenvalue weighted by Crippen LogP contribution is 2.52. The molecule has 1 amide bonds. The molecule has 13 nitrogen and oxygen atoms in total. The normalized spacial score (nSPS) is 27.5. The van der Waals surface area contributed by atoms with E-state index >= 15 is 0 Å². The molecule has 0 aliphatic heterocycles. The van der Waals surface area contributed by atoms with Crippen LogP contribution in [0, 0.1) is 5.92 Å². The fourth-order valence-electron chi connectivity index (χ4n) is 6.57. The lowest BCUT2D eigenvalue weighted by atomic mass is 9.71. The van der Waals surface area contributed by atoms with Crippen LogP contribution in [0.4, 0.5) is 4.79 Å². The summed E-state index contributed by atoms with van der Waals surface area (Å²) in [5.41, 5.74) is 2.61. The number of hydrogen-bond acceptors (Lipinski definition) is 12. The van der Waals surface area contributed by atoms with Crippen LogP contribution in [0.5, 0.6) is 17.2 Å². The first-order chi connectivity index (χ1) is 20.8. The Morgan fingerprint density at radius 3 is 2.45 bits per heavy atom. The Kier molecular flexibility index (Phi) is 8.42. The zero-order valence-corrected chi connectivity index (χ0v) is 24.6. The number of methoxy groups -OCH3 is 1. The van der Waals surface area contributed by atoms with E-state index in [-0.39, 0.29) is 46.9 Å². The van der Waals surface area contributed by atoms with Crippen LogP contribution in [0.15, 0.2) is 18.2 Å². The lowest BCUT2D eigenvalue weighted by molar-refractivity contribution is -0.151. The smallest absolute Gasteiger partial charge is 0.407 e. The van der Waals surface area contributed by atoms with Gasteiger partial charge in [-0.15, -0.1) is 0 Å². The SMILES string of the molecule is CCNC(=O)OCC(=O)[C@]1(O)Cc2c(O)c3c(c(O)c2C(OC2C[C@@H](C)[C@@H](O)[C@@H](N)C2)C1)C(=O)c1c(OC)cccc1C3=O. The quantitative estimate of drug-likeness (QED) is 0.209. The molecule has 236 valence electrons. The van der Waals surface area contributed by atoms with Gasteiger partial charge < -0.3 is 45.7 Å². The van der Waals surface area contributed by atoms with Crippen LogP contribution in [0.3, 0.4) is 0 Å². The number of carbonyl (C=O) groups excluding carboxylic acids is 4. The van der Waals surface area contributed by atoms with Crippen LogP contribution in [0.25, 0.3) is 0 Å². The average Bonchev–Trinajstić information content (AvgIpc) is 2.98. The molecule has 2 unspecified atom stereocenters. The van der Waals surface area contributed by atoms with Crippen LogP contribution in [-0.4, -0.2) is 88.0 Å². The molecule has 44 heavy (non-hydrogen) atoms. The molecule has 3 aliphatic rings. The van der Waals surface area contributed by atoms with Gasteiger partial charge in [0.2, 0.25) is 11.6 Å². The molecular formula is C31H36N2O11. The van der Waals surface area contributed by atoms with E-state index in [1.165, 1.54) is 25.3 Å². The second-order valence-electron chi connectivity index (χ2n) is 11.7. The van der Waals surface area contributed by atoms with Gasteiger partial charge in [0, 0.05) is 42.1 Å². The number of Topliss-reactive ketones (excluding diaryl/α,β-unsaturated/α-hetero) is 1. The van der Waals surface area contributed by atoms with E-state index in [2.05, 4.69) is 5.32 Å². The Labute approximate surface area is 252 Å². The number of benzene rings is 2. The van der Waals surface area contributed by atoms with Gasteiger partial charge in [-0.2, -0.15) is 0 Å². The Morgan fingerprint density at radius 2 is 1.80 bits per heavy atom. The minimum Gasteiger partial charge on any atom is -0.507 e. The molecule has 2 aromatic carbocycles. The number of nitrogens with two attached hydrogens (primary N) is 1. The van der Waals surface area contributed by atoms with Gasteiger partial charge in [0.15, 0.2) is 12.4 Å². The molecule has 1 fully saturated rings. The van der Waals surface area contributed by atoms with Crippen molar-refractivity contribution in [2.75, 3.05) is 20.3 Å². The third-order valence-electron chi connectivity index (χ3n) is 8.80. The van der Waals surface area contributed by atoms with Crippen molar-refractivity contribution in [1.29, 1.82) is 0 Å². The van der Waals surface area contributed by atoms with Crippen molar-refractivity contribution in [2.24, 2.45) is 11.7 Å². The number of nitrogens with one attached hydrogen (secondary N) is 1. The zero-order chi connectivity index (χ0) is 32.1. The van der Waals surface area contributed by atoms with E-state index in [1.807, 2.05) is 0 Å². The van der Waals surface area contributed by atoms with Crippen molar-refractivity contribution in [2.45, 2.75) is 69.5 Å². The van der Waals surface area contributed by atoms with E-state index < -0.39 is 95.5 Å². The Balaban J connectivity index is 1.62. The predicted octanol–water partition coefficient (Wildman–Crippen LogP) is 1.42. The van der Waals surface area contributed by atoms with Gasteiger partial charge in [-0.3, -0.25) is 14.4 Å². The van der Waals surface area contributed by atoms with Crippen molar-refractivity contribution in [3.05, 3.63) is 51.6 Å². The van der Waals surface area contributed by atoms with Gasteiger partial charge in [0.05, 0.1) is 42.1 Å². The average molecular weight is 613 g/mol. The van der Waals surface area contributed by atoms with Gasteiger partial charge in [-0.25, -0.2) is 4.79 Å². The summed E-state index contributed by atoms with van der Waals surface area (Å²) in [5.74, 6) is -3.89. The maximum absolute atomic E-state index is 13.8. The number of alkyl carbamates (subject to hydrolysis) is 1. The fraction of sp³-hybridized carbons (Fsp3) is 0.484. The maximum atomic E-state index is 13.8. The standard InChI is InChI=1S/C31H36N2O11/c1-4-33-30(40)43-12-20(34)31(41)10-16-22(19(11-31)44-14-8-13(2)25(35)17(32)9-14)29(39)24-23(27(16)37)26(36)15-6-5-7-18(42-3)21(15)28(24)38/h5-7,13-14,17,19,25,35,37,39,41H,4,8-12,32H2,1-3H3,(H,33,40)/t13-,14?,17+,19?,25-,31+/m1/s1. The van der Waals surface area contributed by atoms with E-state index in [1.54, 1.807) is 13.8 Å². The van der Waals surface area contributed by atoms with Gasteiger partial charge in [-0.05, 0) is 31.7 Å². The third-order valence-corrected chi connectivity index (χ3v) is 8.80. The largest absolute Gasteiger partial charge is 0.507 e. The summed E-state index contributed by atoms with van der Waals surface area (Å²) in [6.07, 6.45) is -3.95. The second-order valence-corrected chi connectivity index (χ2v) is 11.7. The van der Waals surface area contributed by atoms with Crippen molar-refractivity contribution >= 4 is 23.4 Å². The summed E-state index contributed by atoms with van der Waals surface area (Å²) in [4.78, 5) is 52.6. The monoisotopic (exact) mass is 612 g/mol. The summed E-state index contributed by atoms with van der Waals surface area (Å²) < 4.78 is 16.6. The van der Waals surface area contributed by atoms with Crippen molar-refractivity contribution in [3.63, 3.8) is 0 Å². The number of aromatic hydroxyl groups is 2. The van der Waals surface area contributed by atoms with Crippen LogP contribution in [0.2, 0.25) is 0 Å². The summed E-state index contributed by atoms with van der Waals surface area (Å²) in [6, 6.07) is 3.76. The fourth-order valence-corrected chi connectivity index (χ4v) is 6.57. The number of carbonyl (C=O) groups is 4. The van der Waals surface area contributed by atoms with Crippen LogP contribution >= 0.6 is 0 Å². The predicted molar refractivity (Wildman–Crippen MR) is 153 cm³/mol. The van der Waals surface area contributed by atoms with Gasteiger partial charge in [0.25, 0.3) is 0 Å². The highest BCUT2D eigenvalue weighted by Gasteiger charge is 2.50. The molecule has 0 heterocycles. The third kappa shape index (κ3) is 5.19. The highest BCUT2D eigenvalue weighted by atomic mass is 16.6. The summed E-state index contributed by atoms with van der Waals surface area (Å²) in [5, 5.41) is 47.6. The van der Waals surface area contributed by atoms with Crippen molar-refractivity contribution < 1.29 is 53.8 Å². The van der Waals surface area contributed by atoms with E-state index in [9.17, 15) is 39.6 Å². The molecule has 3 aliphatic carbocycles. The molecule has 0 bridgehead atoms. The maximum Gasteiger partial charge on any atom is 0.407 e. The molecule has 13 heteroatoms. The molecule has 6 atom stereocenters. The number of hydrogen-bond donors (Lipinski definition) is 6. The van der Waals surface area contributed by atoms with Crippen molar-refractivity contribution in [3.8, 4) is 17.2 Å². The second kappa shape index (κ2) is 11.8. The number of ketones is 3. The first kappa shape index (κ1) is 31.4. The lowest BCUT2D eigenvalue weighted by Crippen LogP contribution is -2.50. The molecule has 0 aromatic heterocycles. The molecule has 0 spiro atoms. The Morgan fingerprint density at radius 1 is 1.09 bits per heavy atom. The van der Waals surface area contributed by atoms with Crippen LogP contribution in [-0.2, 0) is 20.7 Å².